The molecule has 1 aliphatic rings. The second kappa shape index (κ2) is 7.88. The van der Waals surface area contributed by atoms with E-state index in [9.17, 15) is 14.3 Å². The van der Waals surface area contributed by atoms with E-state index < -0.39 is 11.9 Å². The Morgan fingerprint density at radius 1 is 1.37 bits per heavy atom. The summed E-state index contributed by atoms with van der Waals surface area (Å²) in [5, 5.41) is 20.8. The fourth-order valence-corrected chi connectivity index (χ4v) is 4.20. The first-order valence-corrected chi connectivity index (χ1v) is 9.77. The van der Waals surface area contributed by atoms with E-state index in [1.54, 1.807) is 18.2 Å². The van der Waals surface area contributed by atoms with E-state index in [4.69, 9.17) is 11.0 Å². The molecule has 2 atom stereocenters. The summed E-state index contributed by atoms with van der Waals surface area (Å²) in [6.45, 7) is 7.52. The number of rotatable bonds is 3. The lowest BCUT2D eigenvalue weighted by atomic mass is 9.92. The standard InChI is InChI=1S/C21H25FN6O2/c1-21(2,3)28(8-4-5-15(12-28)25-20(29)30)18-10-17(26-19(24)27-18)13-6-7-14(11-23)16(22)9-13/h6-7,9-10,15,25H,4-5,8,12H2,1-3H3,(H2-,24,26,27,29,30)/p+1/t15-,28?/m1/s1. The van der Waals surface area contributed by atoms with Crippen molar-refractivity contribution in [1.82, 2.24) is 19.8 Å². The molecule has 1 unspecified atom stereocenters. The molecule has 30 heavy (non-hydrogen) atoms. The highest BCUT2D eigenvalue weighted by Crippen LogP contribution is 2.38. The van der Waals surface area contributed by atoms with Gasteiger partial charge in [-0.05, 0) is 45.7 Å². The Balaban J connectivity index is 2.11. The monoisotopic (exact) mass is 413 g/mol. The Hall–Kier alpha value is -3.25. The van der Waals surface area contributed by atoms with Gasteiger partial charge in [-0.15, -0.1) is 0 Å². The Bertz CT molecular complexity index is 1010. The van der Waals surface area contributed by atoms with E-state index >= 15 is 0 Å². The summed E-state index contributed by atoms with van der Waals surface area (Å²) in [6.07, 6.45) is 0.508. The van der Waals surface area contributed by atoms with Crippen LogP contribution < -0.4 is 15.5 Å². The number of nitrogen functional groups attached to an aromatic ring is 1. The van der Waals surface area contributed by atoms with Crippen LogP contribution in [-0.4, -0.2) is 45.8 Å². The lowest BCUT2D eigenvalue weighted by Crippen LogP contribution is -2.69. The molecule has 3 rings (SSSR count). The van der Waals surface area contributed by atoms with Gasteiger partial charge in [-0.2, -0.15) is 10.2 Å². The van der Waals surface area contributed by atoms with Crippen molar-refractivity contribution in [2.24, 2.45) is 0 Å². The first-order chi connectivity index (χ1) is 14.1. The van der Waals surface area contributed by atoms with Crippen molar-refractivity contribution in [3.05, 3.63) is 35.6 Å². The van der Waals surface area contributed by atoms with Crippen molar-refractivity contribution in [2.45, 2.75) is 45.2 Å². The van der Waals surface area contributed by atoms with Gasteiger partial charge >= 0.3 is 6.09 Å². The van der Waals surface area contributed by atoms with Crippen LogP contribution in [-0.2, 0) is 0 Å². The molecule has 2 aromatic rings. The first-order valence-electron chi connectivity index (χ1n) is 9.77. The highest BCUT2D eigenvalue weighted by Gasteiger charge is 2.48. The second-order valence-electron chi connectivity index (χ2n) is 8.61. The zero-order valence-electron chi connectivity index (χ0n) is 17.3. The molecule has 0 aliphatic carbocycles. The van der Waals surface area contributed by atoms with Gasteiger partial charge in [-0.1, -0.05) is 6.07 Å². The third kappa shape index (κ3) is 4.04. The zero-order chi connectivity index (χ0) is 22.1. The van der Waals surface area contributed by atoms with E-state index in [-0.39, 0.29) is 23.1 Å². The number of nitrogens with zero attached hydrogens (tertiary/aromatic N) is 4. The van der Waals surface area contributed by atoms with Crippen LogP contribution in [0.5, 0.6) is 0 Å². The molecule has 1 amide bonds. The largest absolute Gasteiger partial charge is 0.465 e. The van der Waals surface area contributed by atoms with E-state index in [0.717, 1.165) is 19.4 Å². The quantitative estimate of drug-likeness (QED) is 0.663. The highest BCUT2D eigenvalue weighted by molar-refractivity contribution is 5.66. The number of hydrogen-bond donors (Lipinski definition) is 3. The SMILES string of the molecule is CC(C)(C)[N+]1(c2cc(-c3ccc(C#N)c(F)c3)nc(N)n2)CCC[C@@H](NC(=O)O)C1. The average Bonchev–Trinajstić information content (AvgIpc) is 2.66. The molecular weight excluding hydrogens is 387 g/mol. The number of carboxylic acid groups (broad SMARTS) is 1. The molecule has 1 aromatic carbocycles. The molecule has 1 saturated heterocycles. The number of amides is 1. The average molecular weight is 413 g/mol. The molecule has 0 saturated carbocycles. The Morgan fingerprint density at radius 3 is 2.70 bits per heavy atom. The van der Waals surface area contributed by atoms with Crippen LogP contribution in [0, 0.1) is 17.1 Å². The third-order valence-electron chi connectivity index (χ3n) is 5.79. The van der Waals surface area contributed by atoms with Gasteiger partial charge in [0.2, 0.25) is 11.8 Å². The number of nitrogens with two attached hydrogens (primary N) is 1. The van der Waals surface area contributed by atoms with Crippen molar-refractivity contribution >= 4 is 17.9 Å². The van der Waals surface area contributed by atoms with Gasteiger partial charge in [-0.25, -0.2) is 14.2 Å². The number of anilines is 1. The van der Waals surface area contributed by atoms with E-state index in [1.807, 2.05) is 0 Å². The van der Waals surface area contributed by atoms with Crippen LogP contribution in [0.1, 0.15) is 39.2 Å². The maximum Gasteiger partial charge on any atom is 0.405 e. The summed E-state index contributed by atoms with van der Waals surface area (Å²) in [6, 6.07) is 7.66. The topological polar surface area (TPSA) is 125 Å². The number of aromatic nitrogens is 2. The van der Waals surface area contributed by atoms with Gasteiger partial charge < -0.3 is 16.2 Å². The molecule has 8 nitrogen and oxygen atoms in total. The number of carbonyl (C=O) groups is 1. The number of likely N-dealkylation sites (tertiary alicyclic amines) is 1. The molecule has 158 valence electrons. The third-order valence-corrected chi connectivity index (χ3v) is 5.79. The number of nitrogens with one attached hydrogen (secondary N) is 1. The number of quaternary nitrogens is 1. The molecular formula is C21H26FN6O2+. The highest BCUT2D eigenvalue weighted by atomic mass is 19.1. The molecule has 1 aromatic heterocycles. The fourth-order valence-electron chi connectivity index (χ4n) is 4.20. The van der Waals surface area contributed by atoms with Gasteiger partial charge in [0.15, 0.2) is 0 Å². The van der Waals surface area contributed by atoms with E-state index in [0.29, 0.717) is 28.1 Å². The molecule has 1 fully saturated rings. The minimum absolute atomic E-state index is 0.0437. The van der Waals surface area contributed by atoms with Crippen molar-refractivity contribution < 1.29 is 14.3 Å². The van der Waals surface area contributed by atoms with Crippen molar-refractivity contribution in [3.8, 4) is 17.3 Å². The summed E-state index contributed by atoms with van der Waals surface area (Å²) >= 11 is 0. The summed E-state index contributed by atoms with van der Waals surface area (Å²) < 4.78 is 14.6. The molecule has 9 heteroatoms. The smallest absolute Gasteiger partial charge is 0.405 e. The maximum absolute atomic E-state index is 14.2. The molecule has 0 spiro atoms. The van der Waals surface area contributed by atoms with Crippen molar-refractivity contribution in [1.29, 1.82) is 5.26 Å². The Kier molecular flexibility index (Phi) is 5.63. The number of piperidine rings is 1. The zero-order valence-corrected chi connectivity index (χ0v) is 17.3. The molecule has 4 N–H and O–H groups in total. The minimum Gasteiger partial charge on any atom is -0.465 e. The Labute approximate surface area is 174 Å². The van der Waals surface area contributed by atoms with Crippen molar-refractivity contribution in [3.63, 3.8) is 0 Å². The molecule has 0 radical (unpaired) electrons. The van der Waals surface area contributed by atoms with E-state index in [1.165, 1.54) is 12.1 Å². The molecule has 1 aliphatic heterocycles. The molecule has 2 heterocycles. The lowest BCUT2D eigenvalue weighted by Gasteiger charge is -2.51. The van der Waals surface area contributed by atoms with Gasteiger partial charge in [0, 0.05) is 11.6 Å². The number of benzene rings is 1. The summed E-state index contributed by atoms with van der Waals surface area (Å²) in [7, 11) is 0. The normalized spacial score (nSPS) is 21.6. The van der Waals surface area contributed by atoms with Gasteiger partial charge in [-0.3, -0.25) is 4.48 Å². The van der Waals surface area contributed by atoms with E-state index in [2.05, 4.69) is 36.1 Å². The van der Waals surface area contributed by atoms with Gasteiger partial charge in [0.25, 0.3) is 0 Å². The van der Waals surface area contributed by atoms with Crippen LogP contribution in [0.15, 0.2) is 24.3 Å². The fraction of sp³-hybridized carbons (Fsp3) is 0.429. The summed E-state index contributed by atoms with van der Waals surface area (Å²) in [5.74, 6) is 0.0890. The lowest BCUT2D eigenvalue weighted by molar-refractivity contribution is 0.0898. The van der Waals surface area contributed by atoms with Crippen LogP contribution in [0.2, 0.25) is 0 Å². The second-order valence-corrected chi connectivity index (χ2v) is 8.61. The number of nitriles is 1. The first kappa shape index (κ1) is 21.5. The van der Waals surface area contributed by atoms with Crippen LogP contribution in [0.25, 0.3) is 11.3 Å². The maximum atomic E-state index is 14.2. The van der Waals surface area contributed by atoms with Crippen molar-refractivity contribution in [2.75, 3.05) is 18.8 Å². The number of halogens is 1. The van der Waals surface area contributed by atoms with Gasteiger partial charge in [0.05, 0.1) is 29.4 Å². The predicted molar refractivity (Wildman–Crippen MR) is 112 cm³/mol. The van der Waals surface area contributed by atoms with Crippen LogP contribution in [0.3, 0.4) is 0 Å². The minimum atomic E-state index is -1.05. The van der Waals surface area contributed by atoms with Crippen LogP contribution in [0.4, 0.5) is 21.0 Å². The summed E-state index contributed by atoms with van der Waals surface area (Å²) in [4.78, 5) is 20.0. The Morgan fingerprint density at radius 2 is 2.10 bits per heavy atom. The van der Waals surface area contributed by atoms with Gasteiger partial charge in [0.1, 0.15) is 18.4 Å². The number of hydrogen-bond acceptors (Lipinski definition) is 5. The summed E-state index contributed by atoms with van der Waals surface area (Å²) in [5.41, 5.74) is 6.63. The molecule has 0 bridgehead atoms. The predicted octanol–water partition coefficient (Wildman–Crippen LogP) is 3.27. The van der Waals surface area contributed by atoms with Crippen LogP contribution >= 0.6 is 0 Å².